The van der Waals surface area contributed by atoms with Crippen LogP contribution in [0.15, 0.2) is 60.8 Å². The van der Waals surface area contributed by atoms with Crippen LogP contribution in [0.3, 0.4) is 0 Å². The number of anilines is 2. The highest BCUT2D eigenvalue weighted by molar-refractivity contribution is 6.35. The van der Waals surface area contributed by atoms with Crippen LogP contribution in [-0.4, -0.2) is 27.0 Å². The Labute approximate surface area is 196 Å². The molecule has 7 nitrogen and oxygen atoms in total. The van der Waals surface area contributed by atoms with Crippen LogP contribution in [0.2, 0.25) is 5.02 Å². The standard InChI is InChI=1S/C25H23ClN6O/c26-19-14-17(13-16-9-6-12-28-20(16)19)22-21(15-7-2-1-3-8-15)30-23(27)24(31-22)32-25(33)29-18-10-4-5-11-18/h1-3,6-9,12-14,18H,4-5,10-11H2,(H2,27,30)(H2,29,31,32,33). The molecule has 2 aromatic carbocycles. The molecule has 0 spiro atoms. The molecular formula is C25H23ClN6O. The predicted octanol–water partition coefficient (Wildman–Crippen LogP) is 5.66. The van der Waals surface area contributed by atoms with Gasteiger partial charge in [0.2, 0.25) is 0 Å². The van der Waals surface area contributed by atoms with E-state index in [0.717, 1.165) is 42.2 Å². The zero-order valence-corrected chi connectivity index (χ0v) is 18.6. The van der Waals surface area contributed by atoms with Gasteiger partial charge in [-0.25, -0.2) is 14.8 Å². The number of hydrogen-bond donors (Lipinski definition) is 3. The van der Waals surface area contributed by atoms with Crippen LogP contribution < -0.4 is 16.4 Å². The van der Waals surface area contributed by atoms with E-state index in [-0.39, 0.29) is 23.7 Å². The minimum atomic E-state index is -0.331. The highest BCUT2D eigenvalue weighted by Crippen LogP contribution is 2.35. The number of fused-ring (bicyclic) bond motifs is 1. The molecule has 0 saturated heterocycles. The first kappa shape index (κ1) is 21.2. The van der Waals surface area contributed by atoms with Gasteiger partial charge in [-0.05, 0) is 31.0 Å². The molecular weight excluding hydrogens is 436 g/mol. The molecule has 0 bridgehead atoms. The predicted molar refractivity (Wildman–Crippen MR) is 132 cm³/mol. The third-order valence-electron chi connectivity index (χ3n) is 5.82. The van der Waals surface area contributed by atoms with Crippen molar-refractivity contribution in [3.63, 3.8) is 0 Å². The number of amides is 2. The first-order chi connectivity index (χ1) is 16.1. The maximum Gasteiger partial charge on any atom is 0.320 e. The molecule has 33 heavy (non-hydrogen) atoms. The highest BCUT2D eigenvalue weighted by Gasteiger charge is 2.21. The summed E-state index contributed by atoms with van der Waals surface area (Å²) in [6.45, 7) is 0. The number of hydrogen-bond acceptors (Lipinski definition) is 5. The molecule has 2 aromatic heterocycles. The number of benzene rings is 2. The Kier molecular flexibility index (Phi) is 5.79. The summed E-state index contributed by atoms with van der Waals surface area (Å²) in [6, 6.07) is 17.1. The second-order valence-electron chi connectivity index (χ2n) is 8.13. The van der Waals surface area contributed by atoms with Gasteiger partial charge in [-0.3, -0.25) is 10.3 Å². The number of pyridine rings is 1. The van der Waals surface area contributed by atoms with Crippen LogP contribution in [0.1, 0.15) is 25.7 Å². The smallest absolute Gasteiger partial charge is 0.320 e. The van der Waals surface area contributed by atoms with Crippen molar-refractivity contribution < 1.29 is 4.79 Å². The van der Waals surface area contributed by atoms with E-state index in [0.29, 0.717) is 21.9 Å². The summed E-state index contributed by atoms with van der Waals surface area (Å²) in [6.07, 6.45) is 5.92. The summed E-state index contributed by atoms with van der Waals surface area (Å²) in [7, 11) is 0. The van der Waals surface area contributed by atoms with E-state index < -0.39 is 0 Å². The van der Waals surface area contributed by atoms with Crippen molar-refractivity contribution >= 4 is 40.2 Å². The highest BCUT2D eigenvalue weighted by atomic mass is 35.5. The monoisotopic (exact) mass is 458 g/mol. The number of carbonyl (C=O) groups is 1. The van der Waals surface area contributed by atoms with Gasteiger partial charge in [0, 0.05) is 28.8 Å². The Morgan fingerprint density at radius 1 is 0.970 bits per heavy atom. The van der Waals surface area contributed by atoms with Crippen molar-refractivity contribution in [2.45, 2.75) is 31.7 Å². The lowest BCUT2D eigenvalue weighted by Gasteiger charge is -2.16. The number of carbonyl (C=O) groups excluding carboxylic acids is 1. The van der Waals surface area contributed by atoms with E-state index in [9.17, 15) is 4.79 Å². The Morgan fingerprint density at radius 3 is 2.52 bits per heavy atom. The number of aromatic nitrogens is 3. The summed E-state index contributed by atoms with van der Waals surface area (Å²) < 4.78 is 0. The summed E-state index contributed by atoms with van der Waals surface area (Å²) in [5.74, 6) is 0.357. The molecule has 0 aliphatic heterocycles. The topological polar surface area (TPSA) is 106 Å². The van der Waals surface area contributed by atoms with Crippen LogP contribution in [0.5, 0.6) is 0 Å². The maximum atomic E-state index is 12.6. The molecule has 1 fully saturated rings. The molecule has 0 unspecified atom stereocenters. The summed E-state index contributed by atoms with van der Waals surface area (Å²) in [4.78, 5) is 26.3. The maximum absolute atomic E-state index is 12.6. The van der Waals surface area contributed by atoms with Crippen molar-refractivity contribution in [3.05, 3.63) is 65.8 Å². The molecule has 1 aliphatic carbocycles. The Balaban J connectivity index is 1.59. The number of nitrogen functional groups attached to an aromatic ring is 1. The third-order valence-corrected chi connectivity index (χ3v) is 6.11. The van der Waals surface area contributed by atoms with Crippen LogP contribution in [-0.2, 0) is 0 Å². The molecule has 2 heterocycles. The molecule has 1 aliphatic rings. The SMILES string of the molecule is Nc1nc(-c2ccccc2)c(-c2cc(Cl)c3ncccc3c2)nc1NC(=O)NC1CCCC1. The number of nitrogens with zero attached hydrogens (tertiary/aromatic N) is 3. The molecule has 4 aromatic rings. The molecule has 0 atom stereocenters. The van der Waals surface area contributed by atoms with Gasteiger partial charge in [-0.2, -0.15) is 0 Å². The molecule has 8 heteroatoms. The average Bonchev–Trinajstić information content (AvgIpc) is 3.33. The minimum Gasteiger partial charge on any atom is -0.381 e. The van der Waals surface area contributed by atoms with E-state index in [2.05, 4.69) is 20.6 Å². The second kappa shape index (κ2) is 9.03. The molecule has 0 radical (unpaired) electrons. The first-order valence-corrected chi connectivity index (χ1v) is 11.3. The van der Waals surface area contributed by atoms with Gasteiger partial charge in [0.15, 0.2) is 11.6 Å². The quantitative estimate of drug-likeness (QED) is 0.366. The normalized spacial score (nSPS) is 13.8. The molecule has 2 amide bonds. The number of urea groups is 1. The summed E-state index contributed by atoms with van der Waals surface area (Å²) >= 11 is 6.55. The number of rotatable bonds is 4. The van der Waals surface area contributed by atoms with Gasteiger partial charge in [0.05, 0.1) is 21.9 Å². The Hall–Kier alpha value is -3.71. The number of nitrogens with two attached hydrogens (primary N) is 1. The van der Waals surface area contributed by atoms with Crippen molar-refractivity contribution in [1.82, 2.24) is 20.3 Å². The zero-order chi connectivity index (χ0) is 22.8. The van der Waals surface area contributed by atoms with Gasteiger partial charge in [-0.15, -0.1) is 0 Å². The van der Waals surface area contributed by atoms with E-state index in [1.165, 1.54) is 0 Å². The summed E-state index contributed by atoms with van der Waals surface area (Å²) in [5, 5.41) is 7.16. The van der Waals surface area contributed by atoms with Gasteiger partial charge < -0.3 is 11.1 Å². The Bertz CT molecular complexity index is 1320. The van der Waals surface area contributed by atoms with Gasteiger partial charge >= 0.3 is 6.03 Å². The fraction of sp³-hybridized carbons (Fsp3) is 0.200. The van der Waals surface area contributed by atoms with E-state index >= 15 is 0 Å². The van der Waals surface area contributed by atoms with Crippen molar-refractivity contribution in [1.29, 1.82) is 0 Å². The fourth-order valence-corrected chi connectivity index (χ4v) is 4.50. The second-order valence-corrected chi connectivity index (χ2v) is 8.54. The van der Waals surface area contributed by atoms with E-state index in [4.69, 9.17) is 22.3 Å². The van der Waals surface area contributed by atoms with Gasteiger partial charge in [-0.1, -0.05) is 60.8 Å². The fourth-order valence-electron chi connectivity index (χ4n) is 4.22. The number of nitrogens with one attached hydrogen (secondary N) is 2. The average molecular weight is 459 g/mol. The van der Waals surface area contributed by atoms with Crippen LogP contribution in [0.4, 0.5) is 16.4 Å². The van der Waals surface area contributed by atoms with Crippen LogP contribution in [0, 0.1) is 0 Å². The molecule has 5 rings (SSSR count). The summed E-state index contributed by atoms with van der Waals surface area (Å²) in [5.41, 5.74) is 9.73. The van der Waals surface area contributed by atoms with Crippen molar-refractivity contribution in [3.8, 4) is 22.5 Å². The minimum absolute atomic E-state index is 0.146. The Morgan fingerprint density at radius 2 is 1.73 bits per heavy atom. The molecule has 1 saturated carbocycles. The third kappa shape index (κ3) is 4.45. The number of halogens is 1. The largest absolute Gasteiger partial charge is 0.381 e. The molecule has 4 N–H and O–H groups in total. The zero-order valence-electron chi connectivity index (χ0n) is 17.9. The van der Waals surface area contributed by atoms with E-state index in [1.807, 2.05) is 54.6 Å². The van der Waals surface area contributed by atoms with Gasteiger partial charge in [0.25, 0.3) is 0 Å². The van der Waals surface area contributed by atoms with Crippen LogP contribution >= 0.6 is 11.6 Å². The lowest BCUT2D eigenvalue weighted by Crippen LogP contribution is -2.36. The molecule has 166 valence electrons. The van der Waals surface area contributed by atoms with Crippen LogP contribution in [0.25, 0.3) is 33.4 Å². The van der Waals surface area contributed by atoms with Crippen molar-refractivity contribution in [2.24, 2.45) is 0 Å². The van der Waals surface area contributed by atoms with E-state index in [1.54, 1.807) is 6.20 Å². The lowest BCUT2D eigenvalue weighted by molar-refractivity contribution is 0.248. The lowest BCUT2D eigenvalue weighted by atomic mass is 10.0. The van der Waals surface area contributed by atoms with Crippen molar-refractivity contribution in [2.75, 3.05) is 11.1 Å². The first-order valence-electron chi connectivity index (χ1n) is 10.9. The van der Waals surface area contributed by atoms with Gasteiger partial charge in [0.1, 0.15) is 0 Å².